The summed E-state index contributed by atoms with van der Waals surface area (Å²) in [5.74, 6) is 0.101. The largest absolute Gasteiger partial charge is 0.471 e. The summed E-state index contributed by atoms with van der Waals surface area (Å²) < 4.78 is 30.8. The fourth-order valence-corrected chi connectivity index (χ4v) is 4.25. The first-order chi connectivity index (χ1) is 17.9. The molecule has 38 heavy (non-hydrogen) atoms. The molecule has 12 heteroatoms. The summed E-state index contributed by atoms with van der Waals surface area (Å²) in [7, 11) is 0. The second kappa shape index (κ2) is 11.4. The zero-order chi connectivity index (χ0) is 27.6. The highest BCUT2D eigenvalue weighted by atomic mass is 35.5. The molecular weight excluding hydrogens is 539 g/mol. The van der Waals surface area contributed by atoms with Crippen LogP contribution in [0.25, 0.3) is 11.2 Å². The monoisotopic (exact) mass is 567 g/mol. The maximum absolute atomic E-state index is 12.8. The zero-order valence-corrected chi connectivity index (χ0v) is 22.8. The molecule has 3 aromatic rings. The lowest BCUT2D eigenvalue weighted by Crippen LogP contribution is -2.34. The van der Waals surface area contributed by atoms with Crippen LogP contribution in [0.15, 0.2) is 18.2 Å². The van der Waals surface area contributed by atoms with Crippen molar-refractivity contribution in [1.82, 2.24) is 25.6 Å². The number of nitrogens with zero attached hydrogens (tertiary/aromatic N) is 2. The van der Waals surface area contributed by atoms with E-state index in [-0.39, 0.29) is 36.0 Å². The number of fused-ring (bicyclic) bond motifs is 1. The van der Waals surface area contributed by atoms with Gasteiger partial charge in [-0.2, -0.15) is 4.98 Å². The highest BCUT2D eigenvalue weighted by molar-refractivity contribution is 6.36. The number of hydrogen-bond acceptors (Lipinski definition) is 5. The number of hydrogen-bond donors (Lipinski definition) is 3. The predicted molar refractivity (Wildman–Crippen MR) is 141 cm³/mol. The third-order valence-corrected chi connectivity index (χ3v) is 6.88. The molecule has 0 spiro atoms. The zero-order valence-electron chi connectivity index (χ0n) is 21.3. The maximum Gasteiger partial charge on any atom is 0.272 e. The molecule has 2 amide bonds. The van der Waals surface area contributed by atoms with Crippen molar-refractivity contribution in [3.05, 3.63) is 50.8 Å². The van der Waals surface area contributed by atoms with Gasteiger partial charge in [-0.05, 0) is 42.0 Å². The van der Waals surface area contributed by atoms with Crippen molar-refractivity contribution in [2.24, 2.45) is 11.3 Å². The number of carbonyl (C=O) groups excluding carboxylic acids is 2. The van der Waals surface area contributed by atoms with E-state index in [0.29, 0.717) is 45.0 Å². The van der Waals surface area contributed by atoms with Gasteiger partial charge in [0, 0.05) is 29.9 Å². The number of carbonyl (C=O) groups is 2. The predicted octanol–water partition coefficient (Wildman–Crippen LogP) is 5.30. The van der Waals surface area contributed by atoms with Gasteiger partial charge in [0.15, 0.2) is 12.3 Å². The summed E-state index contributed by atoms with van der Waals surface area (Å²) in [6, 6.07) is 4.93. The molecule has 0 aliphatic heterocycles. The number of halogens is 4. The maximum atomic E-state index is 12.8. The summed E-state index contributed by atoms with van der Waals surface area (Å²) in [5.41, 5.74) is 1.41. The van der Waals surface area contributed by atoms with Crippen molar-refractivity contribution in [1.29, 1.82) is 0 Å². The summed E-state index contributed by atoms with van der Waals surface area (Å²) in [4.78, 5) is 36.8. The number of benzene rings is 1. The fourth-order valence-electron chi connectivity index (χ4n) is 3.68. The molecule has 1 saturated carbocycles. The van der Waals surface area contributed by atoms with Crippen molar-refractivity contribution < 1.29 is 23.1 Å². The SMILES string of the molecule is CC(C)(C)C(=O)NCc1ccc(Cl)c(Cc2nc3nc(OCC(F)F)c(C(=O)NCC4CC4)cc3[nH]2)c1Cl. The number of aromatic amines is 1. The molecule has 0 saturated heterocycles. The number of rotatable bonds is 10. The Morgan fingerprint density at radius 2 is 1.92 bits per heavy atom. The van der Waals surface area contributed by atoms with E-state index in [2.05, 4.69) is 25.6 Å². The first-order valence-corrected chi connectivity index (χ1v) is 13.0. The first kappa shape index (κ1) is 28.0. The van der Waals surface area contributed by atoms with E-state index in [0.717, 1.165) is 12.8 Å². The van der Waals surface area contributed by atoms with Crippen molar-refractivity contribution in [2.75, 3.05) is 13.2 Å². The van der Waals surface area contributed by atoms with E-state index in [1.54, 1.807) is 12.1 Å². The molecule has 1 aromatic carbocycles. The lowest BCUT2D eigenvalue weighted by Gasteiger charge is -2.18. The van der Waals surface area contributed by atoms with Crippen molar-refractivity contribution >= 4 is 46.2 Å². The molecule has 1 aliphatic rings. The smallest absolute Gasteiger partial charge is 0.272 e. The van der Waals surface area contributed by atoms with Crippen LogP contribution in [-0.4, -0.2) is 46.3 Å². The number of alkyl halides is 2. The van der Waals surface area contributed by atoms with Gasteiger partial charge in [0.1, 0.15) is 11.4 Å². The Kier molecular flexibility index (Phi) is 8.42. The molecule has 1 aliphatic carbocycles. The Morgan fingerprint density at radius 3 is 2.58 bits per heavy atom. The van der Waals surface area contributed by atoms with Gasteiger partial charge in [-0.1, -0.05) is 50.0 Å². The van der Waals surface area contributed by atoms with Crippen LogP contribution >= 0.6 is 23.2 Å². The number of ether oxygens (including phenoxy) is 1. The Labute approximate surface area is 228 Å². The molecule has 4 rings (SSSR count). The van der Waals surface area contributed by atoms with Gasteiger partial charge >= 0.3 is 0 Å². The second-order valence-electron chi connectivity index (χ2n) is 10.4. The Balaban J connectivity index is 1.59. The number of pyridine rings is 1. The van der Waals surface area contributed by atoms with Crippen LogP contribution in [0.3, 0.4) is 0 Å². The molecule has 2 heterocycles. The number of nitrogens with one attached hydrogen (secondary N) is 3. The van der Waals surface area contributed by atoms with E-state index in [9.17, 15) is 18.4 Å². The minimum Gasteiger partial charge on any atom is -0.471 e. The first-order valence-electron chi connectivity index (χ1n) is 12.2. The van der Waals surface area contributed by atoms with Gasteiger partial charge in [-0.15, -0.1) is 0 Å². The number of imidazole rings is 1. The molecule has 3 N–H and O–H groups in total. The molecule has 0 bridgehead atoms. The van der Waals surface area contributed by atoms with Crippen LogP contribution in [0.5, 0.6) is 5.88 Å². The topological polar surface area (TPSA) is 109 Å². The lowest BCUT2D eigenvalue weighted by atomic mass is 9.95. The standard InChI is InChI=1S/C26H29Cl2F2N5O3/c1-26(2,3)25(37)32-11-14-6-7-17(27)15(21(14)28)9-20-33-18-8-16(23(36)31-10-13-4-5-13)24(35-22(18)34-20)38-12-19(29)30/h6-8,13,19H,4-5,9-12H2,1-3H3,(H,31,36)(H,32,37)(H,33,34,35). The van der Waals surface area contributed by atoms with Gasteiger partial charge in [0.05, 0.1) is 10.5 Å². The Morgan fingerprint density at radius 1 is 1.18 bits per heavy atom. The Bertz CT molecular complexity index is 1350. The quantitative estimate of drug-likeness (QED) is 0.308. The summed E-state index contributed by atoms with van der Waals surface area (Å²) in [6.07, 6.45) is -0.433. The number of amides is 2. The van der Waals surface area contributed by atoms with Gasteiger partial charge in [0.25, 0.3) is 12.3 Å². The van der Waals surface area contributed by atoms with Gasteiger partial charge in [-0.3, -0.25) is 9.59 Å². The normalized spacial score (nSPS) is 13.7. The lowest BCUT2D eigenvalue weighted by molar-refractivity contribution is -0.128. The van der Waals surface area contributed by atoms with Crippen LogP contribution in [0, 0.1) is 11.3 Å². The average Bonchev–Trinajstić information content (AvgIpc) is 3.60. The van der Waals surface area contributed by atoms with Gasteiger partial charge < -0.3 is 20.4 Å². The van der Waals surface area contributed by atoms with Crippen LogP contribution in [0.2, 0.25) is 10.0 Å². The minimum absolute atomic E-state index is 0.0432. The highest BCUT2D eigenvalue weighted by Gasteiger charge is 2.25. The fraction of sp³-hybridized carbons (Fsp3) is 0.462. The molecule has 0 atom stereocenters. The van der Waals surface area contributed by atoms with Crippen molar-refractivity contribution in [3.63, 3.8) is 0 Å². The molecule has 0 unspecified atom stereocenters. The summed E-state index contributed by atoms with van der Waals surface area (Å²) in [5, 5.41) is 6.48. The van der Waals surface area contributed by atoms with E-state index < -0.39 is 24.4 Å². The third-order valence-electron chi connectivity index (χ3n) is 6.06. The van der Waals surface area contributed by atoms with E-state index in [4.69, 9.17) is 27.9 Å². The van der Waals surface area contributed by atoms with Crippen molar-refractivity contribution in [2.45, 2.75) is 53.0 Å². The van der Waals surface area contributed by atoms with Crippen molar-refractivity contribution in [3.8, 4) is 5.88 Å². The van der Waals surface area contributed by atoms with E-state index in [1.807, 2.05) is 20.8 Å². The van der Waals surface area contributed by atoms with Crippen LogP contribution in [0.1, 0.15) is 60.9 Å². The average molecular weight is 568 g/mol. The summed E-state index contributed by atoms with van der Waals surface area (Å²) in [6.45, 7) is 5.28. The van der Waals surface area contributed by atoms with E-state index in [1.165, 1.54) is 6.07 Å². The number of H-pyrrole nitrogens is 1. The molecule has 8 nitrogen and oxygen atoms in total. The molecular formula is C26H29Cl2F2N5O3. The minimum atomic E-state index is -2.73. The Hall–Kier alpha value is -2.98. The van der Waals surface area contributed by atoms with Gasteiger partial charge in [-0.25, -0.2) is 13.8 Å². The van der Waals surface area contributed by atoms with Crippen LogP contribution in [-0.2, 0) is 17.8 Å². The third kappa shape index (κ3) is 6.91. The molecule has 0 radical (unpaired) electrons. The molecule has 2 aromatic heterocycles. The van der Waals surface area contributed by atoms with Crippen LogP contribution < -0.4 is 15.4 Å². The van der Waals surface area contributed by atoms with Gasteiger partial charge in [0.2, 0.25) is 11.8 Å². The summed E-state index contributed by atoms with van der Waals surface area (Å²) >= 11 is 13.1. The molecule has 1 fully saturated rings. The van der Waals surface area contributed by atoms with Crippen LogP contribution in [0.4, 0.5) is 8.78 Å². The van der Waals surface area contributed by atoms with E-state index >= 15 is 0 Å². The molecule has 204 valence electrons. The highest BCUT2D eigenvalue weighted by Crippen LogP contribution is 2.31. The second-order valence-corrected chi connectivity index (χ2v) is 11.1. The number of aromatic nitrogens is 3.